The second-order valence-corrected chi connectivity index (χ2v) is 6.08. The minimum absolute atomic E-state index is 1.15. The summed E-state index contributed by atoms with van der Waals surface area (Å²) < 4.78 is 0. The summed E-state index contributed by atoms with van der Waals surface area (Å²) in [6.07, 6.45) is 15.7. The molecule has 4 atom stereocenters. The van der Waals surface area contributed by atoms with Gasteiger partial charge in [-0.1, -0.05) is 51.4 Å². The molecule has 3 aliphatic carbocycles. The molecule has 0 bridgehead atoms. The molecule has 0 saturated heterocycles. The monoisotopic (exact) mass is 192 g/mol. The predicted molar refractivity (Wildman–Crippen MR) is 60.1 cm³/mol. The lowest BCUT2D eigenvalue weighted by Crippen LogP contribution is -2.28. The van der Waals surface area contributed by atoms with Gasteiger partial charge >= 0.3 is 0 Å². The number of rotatable bonds is 0. The van der Waals surface area contributed by atoms with E-state index in [4.69, 9.17) is 0 Å². The second-order valence-electron chi connectivity index (χ2n) is 6.08. The predicted octanol–water partition coefficient (Wildman–Crippen LogP) is 4.39. The van der Waals surface area contributed by atoms with Gasteiger partial charge in [0.25, 0.3) is 0 Å². The molecule has 3 rings (SSSR count). The summed E-state index contributed by atoms with van der Waals surface area (Å²) in [5.74, 6) is 4.62. The summed E-state index contributed by atoms with van der Waals surface area (Å²) in [4.78, 5) is 0. The minimum atomic E-state index is 1.15. The number of fused-ring (bicyclic) bond motifs is 2. The lowest BCUT2D eigenvalue weighted by molar-refractivity contribution is 0.126. The Hall–Kier alpha value is 0. The summed E-state index contributed by atoms with van der Waals surface area (Å²) in [7, 11) is 0. The molecule has 0 spiro atoms. The van der Waals surface area contributed by atoms with E-state index in [2.05, 4.69) is 0 Å². The fraction of sp³-hybridized carbons (Fsp3) is 1.00. The van der Waals surface area contributed by atoms with E-state index >= 15 is 0 Å². The Morgan fingerprint density at radius 2 is 0.857 bits per heavy atom. The third-order valence-corrected chi connectivity index (χ3v) is 5.34. The standard InChI is InChI=1S/C14H24/c1-2-5-11-9-13-7-4-8-14(13)10-12(11)6-3-1/h11-14H,1-10H2. The molecule has 0 heteroatoms. The van der Waals surface area contributed by atoms with E-state index in [0.29, 0.717) is 0 Å². The van der Waals surface area contributed by atoms with Gasteiger partial charge < -0.3 is 0 Å². The van der Waals surface area contributed by atoms with Crippen molar-refractivity contribution in [2.75, 3.05) is 0 Å². The van der Waals surface area contributed by atoms with E-state index in [1.807, 2.05) is 0 Å². The molecule has 3 aliphatic rings. The SMILES string of the molecule is C1CCC2CC3CCCC3CC2CC1. The van der Waals surface area contributed by atoms with Crippen LogP contribution >= 0.6 is 0 Å². The van der Waals surface area contributed by atoms with E-state index in [-0.39, 0.29) is 0 Å². The van der Waals surface area contributed by atoms with Crippen molar-refractivity contribution in [3.8, 4) is 0 Å². The molecule has 0 heterocycles. The maximum atomic E-state index is 1.62. The first kappa shape index (κ1) is 9.24. The first-order chi connectivity index (χ1) is 6.93. The third-order valence-electron chi connectivity index (χ3n) is 5.34. The van der Waals surface area contributed by atoms with Gasteiger partial charge in [0.05, 0.1) is 0 Å². The van der Waals surface area contributed by atoms with Crippen molar-refractivity contribution in [1.29, 1.82) is 0 Å². The van der Waals surface area contributed by atoms with Crippen LogP contribution in [0, 0.1) is 23.7 Å². The van der Waals surface area contributed by atoms with E-state index in [9.17, 15) is 0 Å². The summed E-state index contributed by atoms with van der Waals surface area (Å²) in [5, 5.41) is 0. The normalized spacial score (nSPS) is 48.0. The van der Waals surface area contributed by atoms with Crippen LogP contribution in [0.3, 0.4) is 0 Å². The van der Waals surface area contributed by atoms with Gasteiger partial charge in [-0.15, -0.1) is 0 Å². The van der Waals surface area contributed by atoms with Crippen LogP contribution in [-0.2, 0) is 0 Å². The molecule has 80 valence electrons. The van der Waals surface area contributed by atoms with Crippen molar-refractivity contribution in [1.82, 2.24) is 0 Å². The average Bonchev–Trinajstić information content (AvgIpc) is 2.51. The van der Waals surface area contributed by atoms with Crippen molar-refractivity contribution < 1.29 is 0 Å². The van der Waals surface area contributed by atoms with Gasteiger partial charge in [0.1, 0.15) is 0 Å². The zero-order valence-corrected chi connectivity index (χ0v) is 9.38. The van der Waals surface area contributed by atoms with Crippen molar-refractivity contribution in [3.05, 3.63) is 0 Å². The Kier molecular flexibility index (Phi) is 2.55. The van der Waals surface area contributed by atoms with Crippen molar-refractivity contribution in [3.63, 3.8) is 0 Å². The minimum Gasteiger partial charge on any atom is -0.0533 e. The largest absolute Gasteiger partial charge is 0.0533 e. The molecule has 0 aromatic heterocycles. The van der Waals surface area contributed by atoms with Crippen LogP contribution in [-0.4, -0.2) is 0 Å². The Bertz CT molecular complexity index is 176. The molecule has 0 aromatic rings. The van der Waals surface area contributed by atoms with Crippen LogP contribution in [0.2, 0.25) is 0 Å². The van der Waals surface area contributed by atoms with E-state index in [0.717, 1.165) is 23.7 Å². The average molecular weight is 192 g/mol. The highest BCUT2D eigenvalue weighted by Gasteiger charge is 2.39. The Morgan fingerprint density at radius 3 is 1.36 bits per heavy atom. The van der Waals surface area contributed by atoms with Crippen LogP contribution in [0.15, 0.2) is 0 Å². The Labute approximate surface area is 88.5 Å². The highest BCUT2D eigenvalue weighted by atomic mass is 14.4. The molecule has 0 aromatic carbocycles. The summed E-state index contributed by atoms with van der Waals surface area (Å²) in [6.45, 7) is 0. The number of hydrogen-bond acceptors (Lipinski definition) is 0. The van der Waals surface area contributed by atoms with Crippen LogP contribution in [0.4, 0.5) is 0 Å². The lowest BCUT2D eigenvalue weighted by atomic mass is 9.68. The smallest absolute Gasteiger partial charge is 0.0383 e. The van der Waals surface area contributed by atoms with Gasteiger partial charge in [0.2, 0.25) is 0 Å². The number of hydrogen-bond donors (Lipinski definition) is 0. The molecular weight excluding hydrogens is 168 g/mol. The van der Waals surface area contributed by atoms with Gasteiger partial charge in [-0.05, 0) is 36.5 Å². The van der Waals surface area contributed by atoms with Gasteiger partial charge in [-0.25, -0.2) is 0 Å². The van der Waals surface area contributed by atoms with Crippen LogP contribution in [0.1, 0.15) is 64.2 Å². The summed E-state index contributed by atoms with van der Waals surface area (Å²) in [5.41, 5.74) is 0. The van der Waals surface area contributed by atoms with Crippen molar-refractivity contribution in [2.24, 2.45) is 23.7 Å². The Balaban J connectivity index is 1.70. The van der Waals surface area contributed by atoms with Gasteiger partial charge in [-0.2, -0.15) is 0 Å². The first-order valence-corrected chi connectivity index (χ1v) is 6.93. The van der Waals surface area contributed by atoms with Crippen molar-refractivity contribution in [2.45, 2.75) is 64.2 Å². The maximum absolute atomic E-state index is 1.62. The fourth-order valence-corrected chi connectivity index (χ4v) is 4.59. The molecule has 0 amide bonds. The molecule has 3 saturated carbocycles. The van der Waals surface area contributed by atoms with E-state index in [1.54, 1.807) is 57.8 Å². The van der Waals surface area contributed by atoms with Gasteiger partial charge in [0.15, 0.2) is 0 Å². The van der Waals surface area contributed by atoms with E-state index in [1.165, 1.54) is 6.42 Å². The third kappa shape index (κ3) is 1.61. The fourth-order valence-electron chi connectivity index (χ4n) is 4.59. The molecule has 0 radical (unpaired) electrons. The van der Waals surface area contributed by atoms with Gasteiger partial charge in [0, 0.05) is 0 Å². The lowest BCUT2D eigenvalue weighted by Gasteiger charge is -2.38. The van der Waals surface area contributed by atoms with Crippen LogP contribution < -0.4 is 0 Å². The quantitative estimate of drug-likeness (QED) is 0.534. The molecule has 0 N–H and O–H groups in total. The second kappa shape index (κ2) is 3.87. The highest BCUT2D eigenvalue weighted by molar-refractivity contribution is 4.89. The highest BCUT2D eigenvalue weighted by Crippen LogP contribution is 2.50. The summed E-state index contributed by atoms with van der Waals surface area (Å²) >= 11 is 0. The molecule has 0 aliphatic heterocycles. The van der Waals surface area contributed by atoms with Crippen LogP contribution in [0.25, 0.3) is 0 Å². The molecule has 0 nitrogen and oxygen atoms in total. The van der Waals surface area contributed by atoms with E-state index < -0.39 is 0 Å². The summed E-state index contributed by atoms with van der Waals surface area (Å²) in [6, 6.07) is 0. The maximum Gasteiger partial charge on any atom is -0.0383 e. The zero-order chi connectivity index (χ0) is 9.38. The topological polar surface area (TPSA) is 0 Å². The molecule has 3 fully saturated rings. The van der Waals surface area contributed by atoms with Gasteiger partial charge in [-0.3, -0.25) is 0 Å². The van der Waals surface area contributed by atoms with Crippen molar-refractivity contribution >= 4 is 0 Å². The molecule has 4 unspecified atom stereocenters. The zero-order valence-electron chi connectivity index (χ0n) is 9.38. The van der Waals surface area contributed by atoms with Crippen LogP contribution in [0.5, 0.6) is 0 Å². The molecule has 14 heavy (non-hydrogen) atoms. The first-order valence-electron chi connectivity index (χ1n) is 6.93. The Morgan fingerprint density at radius 1 is 0.429 bits per heavy atom. The molecular formula is C14H24.